The maximum atomic E-state index is 11.2. The zero-order chi connectivity index (χ0) is 17.0. The third kappa shape index (κ3) is 8.06. The van der Waals surface area contributed by atoms with Gasteiger partial charge >= 0.3 is 0 Å². The molecule has 1 aromatic rings. The second kappa shape index (κ2) is 12.1. The van der Waals surface area contributed by atoms with Gasteiger partial charge in [0.1, 0.15) is 0 Å². The van der Waals surface area contributed by atoms with E-state index < -0.39 is 0 Å². The Hall–Kier alpha value is -1.51. The summed E-state index contributed by atoms with van der Waals surface area (Å²) in [6.07, 6.45) is 3.32. The summed E-state index contributed by atoms with van der Waals surface area (Å²) in [6.45, 7) is 13.7. The number of rotatable bonds is 2. The summed E-state index contributed by atoms with van der Waals surface area (Å²) in [5, 5.41) is 3.54. The lowest BCUT2D eigenvalue weighted by Gasteiger charge is -2.32. The Bertz CT molecular complexity index is 410. The van der Waals surface area contributed by atoms with Crippen LogP contribution >= 0.6 is 0 Å². The van der Waals surface area contributed by atoms with Crippen molar-refractivity contribution >= 4 is 11.6 Å². The zero-order valence-corrected chi connectivity index (χ0v) is 15.3. The molecule has 0 aromatic heterocycles. The molecule has 3 heteroatoms. The lowest BCUT2D eigenvalue weighted by molar-refractivity contribution is -0.129. The predicted octanol–water partition coefficient (Wildman–Crippen LogP) is 4.86. The number of carbonyl (C=O) groups excluding carboxylic acids is 1. The Morgan fingerprint density at radius 3 is 2.23 bits per heavy atom. The Labute approximate surface area is 137 Å². The van der Waals surface area contributed by atoms with E-state index in [0.717, 1.165) is 25.9 Å². The van der Waals surface area contributed by atoms with E-state index in [0.29, 0.717) is 6.04 Å². The highest BCUT2D eigenvalue weighted by molar-refractivity contribution is 5.73. The van der Waals surface area contributed by atoms with Gasteiger partial charge in [0, 0.05) is 31.7 Å². The SMILES string of the molecule is CC.CC(=O)N1CCC(Nc2cccc(C)c2)CC1.CCC. The van der Waals surface area contributed by atoms with E-state index in [1.165, 1.54) is 17.7 Å². The van der Waals surface area contributed by atoms with Crippen LogP contribution in [0.15, 0.2) is 24.3 Å². The molecule has 3 nitrogen and oxygen atoms in total. The van der Waals surface area contributed by atoms with E-state index in [2.05, 4.69) is 50.4 Å². The first-order chi connectivity index (χ1) is 10.6. The average molecular weight is 306 g/mol. The molecule has 22 heavy (non-hydrogen) atoms. The van der Waals surface area contributed by atoms with Gasteiger partial charge in [0.25, 0.3) is 0 Å². The van der Waals surface area contributed by atoms with Crippen LogP contribution in [0.2, 0.25) is 0 Å². The molecule has 1 aromatic carbocycles. The minimum atomic E-state index is 0.194. The normalized spacial score (nSPS) is 14.2. The van der Waals surface area contributed by atoms with Gasteiger partial charge in [0.2, 0.25) is 5.91 Å². The molecular formula is C19H34N2O. The molecule has 0 spiro atoms. The minimum absolute atomic E-state index is 0.194. The Morgan fingerprint density at radius 2 is 1.77 bits per heavy atom. The quantitative estimate of drug-likeness (QED) is 0.846. The van der Waals surface area contributed by atoms with Crippen molar-refractivity contribution < 1.29 is 4.79 Å². The van der Waals surface area contributed by atoms with Gasteiger partial charge in [0.15, 0.2) is 0 Å². The smallest absolute Gasteiger partial charge is 0.219 e. The number of hydrogen-bond acceptors (Lipinski definition) is 2. The maximum absolute atomic E-state index is 11.2. The summed E-state index contributed by atoms with van der Waals surface area (Å²) in [5.74, 6) is 0.194. The van der Waals surface area contributed by atoms with Gasteiger partial charge in [-0.25, -0.2) is 0 Å². The molecule has 1 N–H and O–H groups in total. The number of benzene rings is 1. The van der Waals surface area contributed by atoms with Crippen LogP contribution in [0.1, 0.15) is 59.4 Å². The molecule has 1 saturated heterocycles. The van der Waals surface area contributed by atoms with Crippen LogP contribution in [-0.4, -0.2) is 29.9 Å². The summed E-state index contributed by atoms with van der Waals surface area (Å²) < 4.78 is 0. The van der Waals surface area contributed by atoms with Crippen LogP contribution in [0, 0.1) is 6.92 Å². The molecule has 1 heterocycles. The van der Waals surface area contributed by atoms with Gasteiger partial charge in [-0.05, 0) is 37.5 Å². The van der Waals surface area contributed by atoms with Gasteiger partial charge in [-0.1, -0.05) is 46.2 Å². The standard InChI is InChI=1S/C14H20N2O.C3H8.C2H6/c1-11-4-3-5-14(10-11)15-13-6-8-16(9-7-13)12(2)17;1-3-2;1-2/h3-5,10,13,15H,6-9H2,1-2H3;3H2,1-2H3;1-2H3. The van der Waals surface area contributed by atoms with Crippen LogP contribution < -0.4 is 5.32 Å². The number of carbonyl (C=O) groups is 1. The Balaban J connectivity index is 0.000000789. The highest BCUT2D eigenvalue weighted by atomic mass is 16.2. The fraction of sp³-hybridized carbons (Fsp3) is 0.632. The molecule has 0 bridgehead atoms. The van der Waals surface area contributed by atoms with E-state index >= 15 is 0 Å². The van der Waals surface area contributed by atoms with Crippen LogP contribution in [0.25, 0.3) is 0 Å². The van der Waals surface area contributed by atoms with Crippen LogP contribution in [0.4, 0.5) is 5.69 Å². The highest BCUT2D eigenvalue weighted by Crippen LogP contribution is 2.17. The maximum Gasteiger partial charge on any atom is 0.219 e. The largest absolute Gasteiger partial charge is 0.382 e. The van der Waals surface area contributed by atoms with E-state index in [9.17, 15) is 4.79 Å². The second-order valence-corrected chi connectivity index (χ2v) is 5.50. The molecule has 0 aliphatic carbocycles. The Morgan fingerprint density at radius 1 is 1.23 bits per heavy atom. The van der Waals surface area contributed by atoms with E-state index in [1.807, 2.05) is 18.7 Å². The van der Waals surface area contributed by atoms with Crippen molar-refractivity contribution in [2.45, 2.75) is 66.8 Å². The van der Waals surface area contributed by atoms with Crippen molar-refractivity contribution in [3.05, 3.63) is 29.8 Å². The molecular weight excluding hydrogens is 272 g/mol. The van der Waals surface area contributed by atoms with Crippen molar-refractivity contribution in [3.8, 4) is 0 Å². The molecule has 0 atom stereocenters. The van der Waals surface area contributed by atoms with E-state index in [1.54, 1.807) is 6.92 Å². The molecule has 126 valence electrons. The number of likely N-dealkylation sites (tertiary alicyclic amines) is 1. The first-order valence-electron chi connectivity index (χ1n) is 8.65. The van der Waals surface area contributed by atoms with Crippen molar-refractivity contribution in [1.82, 2.24) is 4.90 Å². The monoisotopic (exact) mass is 306 g/mol. The van der Waals surface area contributed by atoms with Crippen LogP contribution in [-0.2, 0) is 4.79 Å². The second-order valence-electron chi connectivity index (χ2n) is 5.50. The molecule has 1 aliphatic rings. The number of piperidine rings is 1. The average Bonchev–Trinajstić information content (AvgIpc) is 2.51. The van der Waals surface area contributed by atoms with Crippen molar-refractivity contribution in [2.75, 3.05) is 18.4 Å². The lowest BCUT2D eigenvalue weighted by Crippen LogP contribution is -2.41. The first-order valence-corrected chi connectivity index (χ1v) is 8.65. The zero-order valence-electron chi connectivity index (χ0n) is 15.3. The third-order valence-electron chi connectivity index (χ3n) is 3.33. The summed E-state index contributed by atoms with van der Waals surface area (Å²) in [7, 11) is 0. The van der Waals surface area contributed by atoms with Crippen molar-refractivity contribution in [1.29, 1.82) is 0 Å². The fourth-order valence-electron chi connectivity index (χ4n) is 2.31. The predicted molar refractivity (Wildman–Crippen MR) is 97.4 cm³/mol. The molecule has 1 amide bonds. The van der Waals surface area contributed by atoms with Gasteiger partial charge in [-0.3, -0.25) is 4.79 Å². The van der Waals surface area contributed by atoms with Crippen LogP contribution in [0.5, 0.6) is 0 Å². The fourth-order valence-corrected chi connectivity index (χ4v) is 2.31. The van der Waals surface area contributed by atoms with Gasteiger partial charge in [0.05, 0.1) is 0 Å². The molecule has 0 saturated carbocycles. The summed E-state index contributed by atoms with van der Waals surface area (Å²) in [5.41, 5.74) is 2.46. The number of amides is 1. The number of anilines is 1. The molecule has 0 radical (unpaired) electrons. The topological polar surface area (TPSA) is 32.3 Å². The first kappa shape index (κ1) is 20.5. The van der Waals surface area contributed by atoms with Gasteiger partial charge in [-0.15, -0.1) is 0 Å². The van der Waals surface area contributed by atoms with E-state index in [-0.39, 0.29) is 5.91 Å². The summed E-state index contributed by atoms with van der Waals surface area (Å²) in [6, 6.07) is 8.93. The van der Waals surface area contributed by atoms with Crippen molar-refractivity contribution in [2.24, 2.45) is 0 Å². The Kier molecular flexibility index (Phi) is 11.2. The molecule has 0 unspecified atom stereocenters. The highest BCUT2D eigenvalue weighted by Gasteiger charge is 2.20. The number of nitrogens with zero attached hydrogens (tertiary/aromatic N) is 1. The third-order valence-corrected chi connectivity index (χ3v) is 3.33. The molecule has 2 rings (SSSR count). The van der Waals surface area contributed by atoms with Gasteiger partial charge in [-0.2, -0.15) is 0 Å². The summed E-state index contributed by atoms with van der Waals surface area (Å²) in [4.78, 5) is 13.1. The number of aryl methyl sites for hydroxylation is 1. The lowest BCUT2D eigenvalue weighted by atomic mass is 10.0. The molecule has 1 aliphatic heterocycles. The van der Waals surface area contributed by atoms with E-state index in [4.69, 9.17) is 0 Å². The van der Waals surface area contributed by atoms with Gasteiger partial charge < -0.3 is 10.2 Å². The number of nitrogens with one attached hydrogen (secondary N) is 1. The van der Waals surface area contributed by atoms with Crippen LogP contribution in [0.3, 0.4) is 0 Å². The summed E-state index contributed by atoms with van der Waals surface area (Å²) >= 11 is 0. The minimum Gasteiger partial charge on any atom is -0.382 e. The number of hydrogen-bond donors (Lipinski definition) is 1. The molecule has 1 fully saturated rings. The van der Waals surface area contributed by atoms with Crippen molar-refractivity contribution in [3.63, 3.8) is 0 Å².